The maximum Gasteiger partial charge on any atom is 0.407 e. The minimum absolute atomic E-state index is 0.0201. The normalized spacial score (nSPS) is 27.2. The summed E-state index contributed by atoms with van der Waals surface area (Å²) in [4.78, 5) is 15.1. The zero-order valence-electron chi connectivity index (χ0n) is 11.0. The van der Waals surface area contributed by atoms with Gasteiger partial charge in [-0.2, -0.15) is 0 Å². The lowest BCUT2D eigenvalue weighted by Crippen LogP contribution is -2.60. The minimum atomic E-state index is -0.786. The predicted molar refractivity (Wildman–Crippen MR) is 64.7 cm³/mol. The van der Waals surface area contributed by atoms with E-state index >= 15 is 0 Å². The fourth-order valence-electron chi connectivity index (χ4n) is 2.78. The molecule has 0 aromatic heterocycles. The lowest BCUT2D eigenvalue weighted by molar-refractivity contribution is 0.00804. The Labute approximate surface area is 98.2 Å². The molecule has 2 atom stereocenters. The third kappa shape index (κ3) is 2.67. The van der Waals surface area contributed by atoms with Crippen LogP contribution in [0.3, 0.4) is 0 Å². The summed E-state index contributed by atoms with van der Waals surface area (Å²) in [6.07, 6.45) is 1.26. The fourth-order valence-corrected chi connectivity index (χ4v) is 2.78. The molecule has 0 aliphatic carbocycles. The summed E-state index contributed by atoms with van der Waals surface area (Å²) in [6.45, 7) is 7.03. The summed E-state index contributed by atoms with van der Waals surface area (Å²) in [7, 11) is 4.07. The van der Waals surface area contributed by atoms with Crippen LogP contribution in [0.5, 0.6) is 0 Å². The Morgan fingerprint density at radius 2 is 1.94 bits per heavy atom. The van der Waals surface area contributed by atoms with Crippen molar-refractivity contribution in [2.75, 3.05) is 20.6 Å². The predicted octanol–water partition coefficient (Wildman–Crippen LogP) is 2.11. The summed E-state index contributed by atoms with van der Waals surface area (Å²) in [5.74, 6) is 0. The first-order valence-electron chi connectivity index (χ1n) is 5.91. The van der Waals surface area contributed by atoms with E-state index in [9.17, 15) is 9.90 Å². The van der Waals surface area contributed by atoms with Crippen LogP contribution < -0.4 is 0 Å². The van der Waals surface area contributed by atoms with Crippen LogP contribution >= 0.6 is 0 Å². The highest BCUT2D eigenvalue weighted by molar-refractivity contribution is 5.65. The summed E-state index contributed by atoms with van der Waals surface area (Å²) < 4.78 is 0. The van der Waals surface area contributed by atoms with Gasteiger partial charge in [-0.15, -0.1) is 0 Å². The molecule has 1 saturated heterocycles. The van der Waals surface area contributed by atoms with Crippen molar-refractivity contribution in [3.63, 3.8) is 0 Å². The van der Waals surface area contributed by atoms with Gasteiger partial charge in [0, 0.05) is 12.6 Å². The SMILES string of the molecule is CN(C)[C@@H]1CCCN(C(=O)O)C1C(C)(C)C. The van der Waals surface area contributed by atoms with Gasteiger partial charge in [-0.3, -0.25) is 0 Å². The molecule has 4 nitrogen and oxygen atoms in total. The van der Waals surface area contributed by atoms with Crippen LogP contribution in [-0.4, -0.2) is 53.7 Å². The first kappa shape index (κ1) is 13.3. The van der Waals surface area contributed by atoms with Crippen molar-refractivity contribution in [2.24, 2.45) is 5.41 Å². The largest absolute Gasteiger partial charge is 0.465 e. The quantitative estimate of drug-likeness (QED) is 0.747. The molecule has 1 amide bonds. The van der Waals surface area contributed by atoms with Crippen molar-refractivity contribution in [3.05, 3.63) is 0 Å². The summed E-state index contributed by atoms with van der Waals surface area (Å²) >= 11 is 0. The maximum atomic E-state index is 11.3. The van der Waals surface area contributed by atoms with E-state index in [4.69, 9.17) is 0 Å². The molecule has 1 aliphatic heterocycles. The zero-order valence-corrected chi connectivity index (χ0v) is 11.0. The number of amides is 1. The Bertz CT molecular complexity index is 258. The second kappa shape index (κ2) is 4.62. The van der Waals surface area contributed by atoms with Gasteiger partial charge in [-0.1, -0.05) is 20.8 Å². The van der Waals surface area contributed by atoms with Crippen LogP contribution in [0.1, 0.15) is 33.6 Å². The number of likely N-dealkylation sites (tertiary alicyclic amines) is 1. The topological polar surface area (TPSA) is 43.8 Å². The van der Waals surface area contributed by atoms with Crippen molar-refractivity contribution in [1.82, 2.24) is 9.80 Å². The van der Waals surface area contributed by atoms with E-state index in [1.54, 1.807) is 4.90 Å². The first-order chi connectivity index (χ1) is 7.25. The molecule has 4 heteroatoms. The molecule has 0 aromatic carbocycles. The van der Waals surface area contributed by atoms with E-state index in [0.29, 0.717) is 12.6 Å². The van der Waals surface area contributed by atoms with Gasteiger partial charge in [0.25, 0.3) is 0 Å². The lowest BCUT2D eigenvalue weighted by atomic mass is 9.77. The molecule has 94 valence electrons. The zero-order chi connectivity index (χ0) is 12.5. The van der Waals surface area contributed by atoms with Crippen LogP contribution in [0.25, 0.3) is 0 Å². The third-order valence-electron chi connectivity index (χ3n) is 3.40. The molecule has 0 radical (unpaired) electrons. The highest BCUT2D eigenvalue weighted by Gasteiger charge is 2.42. The molecule has 0 saturated carbocycles. The Balaban J connectivity index is 2.99. The van der Waals surface area contributed by atoms with Crippen molar-refractivity contribution in [1.29, 1.82) is 0 Å². The number of likely N-dealkylation sites (N-methyl/N-ethyl adjacent to an activating group) is 1. The van der Waals surface area contributed by atoms with Gasteiger partial charge < -0.3 is 14.9 Å². The Morgan fingerprint density at radius 3 is 2.31 bits per heavy atom. The smallest absolute Gasteiger partial charge is 0.407 e. The second-order valence-electron chi connectivity index (χ2n) is 5.96. The number of nitrogens with zero attached hydrogens (tertiary/aromatic N) is 2. The molecule has 0 bridgehead atoms. The van der Waals surface area contributed by atoms with Gasteiger partial charge in [0.2, 0.25) is 0 Å². The molecule has 0 spiro atoms. The van der Waals surface area contributed by atoms with Gasteiger partial charge in [0.15, 0.2) is 0 Å². The van der Waals surface area contributed by atoms with Crippen LogP contribution in [0.2, 0.25) is 0 Å². The number of hydrogen-bond acceptors (Lipinski definition) is 2. The molecule has 1 unspecified atom stereocenters. The van der Waals surface area contributed by atoms with Crippen LogP contribution in [0.15, 0.2) is 0 Å². The van der Waals surface area contributed by atoms with Crippen molar-refractivity contribution in [2.45, 2.75) is 45.7 Å². The number of carboxylic acid groups (broad SMARTS) is 1. The summed E-state index contributed by atoms with van der Waals surface area (Å²) in [5.41, 5.74) is -0.0201. The molecule has 1 rings (SSSR count). The monoisotopic (exact) mass is 228 g/mol. The number of carbonyl (C=O) groups is 1. The average Bonchev–Trinajstić information content (AvgIpc) is 2.15. The van der Waals surface area contributed by atoms with Gasteiger partial charge in [-0.25, -0.2) is 4.79 Å². The highest BCUT2D eigenvalue weighted by atomic mass is 16.4. The van der Waals surface area contributed by atoms with Crippen molar-refractivity contribution >= 4 is 6.09 Å². The van der Waals surface area contributed by atoms with E-state index in [-0.39, 0.29) is 11.5 Å². The van der Waals surface area contributed by atoms with E-state index in [0.717, 1.165) is 12.8 Å². The lowest BCUT2D eigenvalue weighted by Gasteiger charge is -2.48. The number of rotatable bonds is 1. The minimum Gasteiger partial charge on any atom is -0.465 e. The highest BCUT2D eigenvalue weighted by Crippen LogP contribution is 2.33. The van der Waals surface area contributed by atoms with Crippen LogP contribution in [0, 0.1) is 5.41 Å². The second-order valence-corrected chi connectivity index (χ2v) is 5.96. The Morgan fingerprint density at radius 1 is 1.38 bits per heavy atom. The maximum absolute atomic E-state index is 11.3. The van der Waals surface area contributed by atoms with Gasteiger partial charge in [-0.05, 0) is 32.4 Å². The van der Waals surface area contributed by atoms with Gasteiger partial charge in [0.05, 0.1) is 6.04 Å². The average molecular weight is 228 g/mol. The van der Waals surface area contributed by atoms with Crippen LogP contribution in [-0.2, 0) is 0 Å². The van der Waals surface area contributed by atoms with Crippen molar-refractivity contribution < 1.29 is 9.90 Å². The molecular weight excluding hydrogens is 204 g/mol. The van der Waals surface area contributed by atoms with E-state index in [2.05, 4.69) is 25.7 Å². The third-order valence-corrected chi connectivity index (χ3v) is 3.40. The van der Waals surface area contributed by atoms with Gasteiger partial charge >= 0.3 is 6.09 Å². The molecule has 0 aromatic rings. The number of hydrogen-bond donors (Lipinski definition) is 1. The fraction of sp³-hybridized carbons (Fsp3) is 0.917. The molecule has 1 aliphatic rings. The molecule has 1 N–H and O–H groups in total. The number of piperidine rings is 1. The molecule has 1 heterocycles. The molecular formula is C12H24N2O2. The van der Waals surface area contributed by atoms with Crippen LogP contribution in [0.4, 0.5) is 4.79 Å². The van der Waals surface area contributed by atoms with Crippen molar-refractivity contribution in [3.8, 4) is 0 Å². The van der Waals surface area contributed by atoms with E-state index in [1.807, 2.05) is 14.1 Å². The Kier molecular flexibility index (Phi) is 3.84. The van der Waals surface area contributed by atoms with E-state index in [1.165, 1.54) is 0 Å². The van der Waals surface area contributed by atoms with E-state index < -0.39 is 6.09 Å². The van der Waals surface area contributed by atoms with Gasteiger partial charge in [0.1, 0.15) is 0 Å². The summed E-state index contributed by atoms with van der Waals surface area (Å²) in [6, 6.07) is 0.401. The first-order valence-corrected chi connectivity index (χ1v) is 5.91. The Hall–Kier alpha value is -0.770. The molecule has 16 heavy (non-hydrogen) atoms. The summed E-state index contributed by atoms with van der Waals surface area (Å²) in [5, 5.41) is 9.28. The molecule has 1 fully saturated rings. The standard InChI is InChI=1S/C12H24N2O2/c1-12(2,3)10-9(13(4)5)7-6-8-14(10)11(15)16/h9-10H,6-8H2,1-5H3,(H,15,16)/t9-,10?/m1/s1.